The third-order valence-electron chi connectivity index (χ3n) is 4.70. The zero-order valence-corrected chi connectivity index (χ0v) is 16.2. The van der Waals surface area contributed by atoms with Crippen LogP contribution in [0.1, 0.15) is 33.3 Å². The molecule has 1 fully saturated rings. The van der Waals surface area contributed by atoms with Gasteiger partial charge in [0.05, 0.1) is 17.6 Å². The molecule has 1 aromatic rings. The van der Waals surface area contributed by atoms with Crippen LogP contribution < -0.4 is 10.1 Å². The summed E-state index contributed by atoms with van der Waals surface area (Å²) in [5, 5.41) is 3.16. The Kier molecular flexibility index (Phi) is 6.85. The summed E-state index contributed by atoms with van der Waals surface area (Å²) in [5.41, 5.74) is 0.547. The standard InChI is InChI=1S/C20H32N2O3/c1-6-15-10-8-9-11-17(15)25-14-20(3,4)19(23)21-16-12-22(5)13-18(16)24-7-2/h8-11,16,18H,6-7,12-14H2,1-5H3,(H,21,23). The Labute approximate surface area is 151 Å². The summed E-state index contributed by atoms with van der Waals surface area (Å²) >= 11 is 0. The largest absolute Gasteiger partial charge is 0.492 e. The Morgan fingerprint density at radius 3 is 2.68 bits per heavy atom. The molecule has 1 N–H and O–H groups in total. The maximum atomic E-state index is 12.8. The molecule has 1 amide bonds. The number of hydrogen-bond donors (Lipinski definition) is 1. The van der Waals surface area contributed by atoms with E-state index in [0.29, 0.717) is 13.2 Å². The van der Waals surface area contributed by atoms with E-state index in [4.69, 9.17) is 9.47 Å². The van der Waals surface area contributed by atoms with E-state index in [9.17, 15) is 4.79 Å². The monoisotopic (exact) mass is 348 g/mol. The van der Waals surface area contributed by atoms with Crippen molar-refractivity contribution in [1.82, 2.24) is 10.2 Å². The fourth-order valence-corrected chi connectivity index (χ4v) is 3.11. The molecule has 0 aliphatic carbocycles. The topological polar surface area (TPSA) is 50.8 Å². The van der Waals surface area contributed by atoms with Gasteiger partial charge in [-0.2, -0.15) is 0 Å². The second kappa shape index (κ2) is 8.68. The van der Waals surface area contributed by atoms with Gasteiger partial charge >= 0.3 is 0 Å². The van der Waals surface area contributed by atoms with Crippen molar-refractivity contribution in [3.63, 3.8) is 0 Å². The molecule has 2 atom stereocenters. The SMILES string of the molecule is CCOC1CN(C)CC1NC(=O)C(C)(C)COc1ccccc1CC. The molecule has 2 unspecified atom stereocenters. The van der Waals surface area contributed by atoms with E-state index in [-0.39, 0.29) is 18.1 Å². The number of nitrogens with one attached hydrogen (secondary N) is 1. The molecule has 0 aromatic heterocycles. The highest BCUT2D eigenvalue weighted by molar-refractivity contribution is 5.82. The fourth-order valence-electron chi connectivity index (χ4n) is 3.11. The number of amides is 1. The first kappa shape index (κ1) is 19.7. The Bertz CT molecular complexity index is 574. The zero-order valence-electron chi connectivity index (χ0n) is 16.2. The van der Waals surface area contributed by atoms with E-state index in [1.165, 1.54) is 0 Å². The number of carbonyl (C=O) groups is 1. The van der Waals surface area contributed by atoms with E-state index in [2.05, 4.69) is 23.2 Å². The van der Waals surface area contributed by atoms with Gasteiger partial charge in [0.1, 0.15) is 12.4 Å². The maximum Gasteiger partial charge on any atom is 0.229 e. The van der Waals surface area contributed by atoms with E-state index in [0.717, 1.165) is 30.8 Å². The normalized spacial score (nSPS) is 21.3. The molecular weight excluding hydrogens is 316 g/mol. The molecule has 0 spiro atoms. The van der Waals surface area contributed by atoms with Crippen LogP contribution in [-0.4, -0.2) is 56.3 Å². The number of ether oxygens (including phenoxy) is 2. The first-order valence-electron chi connectivity index (χ1n) is 9.19. The van der Waals surface area contributed by atoms with Crippen LogP contribution in [0.2, 0.25) is 0 Å². The highest BCUT2D eigenvalue weighted by Gasteiger charge is 2.37. The number of rotatable bonds is 8. The number of benzene rings is 1. The second-order valence-electron chi connectivity index (χ2n) is 7.43. The summed E-state index contributed by atoms with van der Waals surface area (Å²) in [6.45, 7) is 10.6. The minimum Gasteiger partial charge on any atom is -0.492 e. The number of likely N-dealkylation sites (tertiary alicyclic amines) is 1. The van der Waals surface area contributed by atoms with Crippen LogP contribution in [-0.2, 0) is 16.0 Å². The van der Waals surface area contributed by atoms with Gasteiger partial charge in [-0.05, 0) is 45.9 Å². The Balaban J connectivity index is 1.95. The van der Waals surface area contributed by atoms with Gasteiger partial charge in [0, 0.05) is 19.7 Å². The third-order valence-corrected chi connectivity index (χ3v) is 4.70. The predicted octanol–water partition coefficient (Wildman–Crippen LogP) is 2.49. The average Bonchev–Trinajstić information content (AvgIpc) is 2.92. The average molecular weight is 348 g/mol. The molecule has 0 bridgehead atoms. The lowest BCUT2D eigenvalue weighted by Gasteiger charge is -2.28. The summed E-state index contributed by atoms with van der Waals surface area (Å²) < 4.78 is 11.7. The molecule has 1 heterocycles. The molecular formula is C20H32N2O3. The van der Waals surface area contributed by atoms with Gasteiger partial charge in [0.2, 0.25) is 5.91 Å². The summed E-state index contributed by atoms with van der Waals surface area (Å²) in [5.74, 6) is 0.866. The number of aryl methyl sites for hydroxylation is 1. The second-order valence-corrected chi connectivity index (χ2v) is 7.43. The van der Waals surface area contributed by atoms with Crippen molar-refractivity contribution in [2.45, 2.75) is 46.3 Å². The molecule has 1 saturated heterocycles. The number of nitrogens with zero attached hydrogens (tertiary/aromatic N) is 1. The van der Waals surface area contributed by atoms with E-state index >= 15 is 0 Å². The predicted molar refractivity (Wildman–Crippen MR) is 99.9 cm³/mol. The highest BCUT2D eigenvalue weighted by atomic mass is 16.5. The fraction of sp³-hybridized carbons (Fsp3) is 0.650. The van der Waals surface area contributed by atoms with Crippen molar-refractivity contribution < 1.29 is 14.3 Å². The van der Waals surface area contributed by atoms with E-state index in [1.54, 1.807) is 0 Å². The number of likely N-dealkylation sites (N-methyl/N-ethyl adjacent to an activating group) is 1. The number of para-hydroxylation sites is 1. The molecule has 1 aliphatic rings. The van der Waals surface area contributed by atoms with Gasteiger partial charge in [0.25, 0.3) is 0 Å². The van der Waals surface area contributed by atoms with Crippen LogP contribution in [0.4, 0.5) is 0 Å². The van der Waals surface area contributed by atoms with Crippen LogP contribution in [0.25, 0.3) is 0 Å². The van der Waals surface area contributed by atoms with E-state index < -0.39 is 5.41 Å². The van der Waals surface area contributed by atoms with Crippen molar-refractivity contribution in [2.75, 3.05) is 33.4 Å². The van der Waals surface area contributed by atoms with Gasteiger partial charge in [-0.1, -0.05) is 25.1 Å². The van der Waals surface area contributed by atoms with E-state index in [1.807, 2.05) is 46.0 Å². The Morgan fingerprint density at radius 2 is 2.00 bits per heavy atom. The summed E-state index contributed by atoms with van der Waals surface area (Å²) in [4.78, 5) is 15.0. The quantitative estimate of drug-likeness (QED) is 0.784. The lowest BCUT2D eigenvalue weighted by Crippen LogP contribution is -2.50. The van der Waals surface area contributed by atoms with Crippen LogP contribution in [0.5, 0.6) is 5.75 Å². The molecule has 1 aromatic carbocycles. The molecule has 0 saturated carbocycles. The Hall–Kier alpha value is -1.59. The summed E-state index contributed by atoms with van der Waals surface area (Å²) in [6, 6.07) is 8.02. The van der Waals surface area contributed by atoms with Gasteiger partial charge in [-0.25, -0.2) is 0 Å². The van der Waals surface area contributed by atoms with Crippen LogP contribution >= 0.6 is 0 Å². The van der Waals surface area contributed by atoms with Gasteiger partial charge < -0.3 is 19.7 Å². The molecule has 25 heavy (non-hydrogen) atoms. The third kappa shape index (κ3) is 5.19. The lowest BCUT2D eigenvalue weighted by atomic mass is 9.93. The Morgan fingerprint density at radius 1 is 1.28 bits per heavy atom. The van der Waals surface area contributed by atoms with Gasteiger partial charge in [-0.3, -0.25) is 4.79 Å². The molecule has 140 valence electrons. The highest BCUT2D eigenvalue weighted by Crippen LogP contribution is 2.23. The van der Waals surface area contributed by atoms with Crippen molar-refractivity contribution in [3.05, 3.63) is 29.8 Å². The van der Waals surface area contributed by atoms with Crippen molar-refractivity contribution in [2.24, 2.45) is 5.41 Å². The maximum absolute atomic E-state index is 12.8. The van der Waals surface area contributed by atoms with Gasteiger partial charge in [0.15, 0.2) is 0 Å². The minimum absolute atomic E-state index is 0.00600. The summed E-state index contributed by atoms with van der Waals surface area (Å²) in [7, 11) is 2.05. The minimum atomic E-state index is -0.612. The smallest absolute Gasteiger partial charge is 0.229 e. The van der Waals surface area contributed by atoms with Crippen molar-refractivity contribution in [3.8, 4) is 5.75 Å². The zero-order chi connectivity index (χ0) is 18.4. The lowest BCUT2D eigenvalue weighted by molar-refractivity contribution is -0.132. The first-order valence-corrected chi connectivity index (χ1v) is 9.19. The van der Waals surface area contributed by atoms with Crippen LogP contribution in [0.3, 0.4) is 0 Å². The number of carbonyl (C=O) groups excluding carboxylic acids is 1. The molecule has 0 radical (unpaired) electrons. The first-order chi connectivity index (χ1) is 11.9. The van der Waals surface area contributed by atoms with Crippen molar-refractivity contribution >= 4 is 5.91 Å². The van der Waals surface area contributed by atoms with Gasteiger partial charge in [-0.15, -0.1) is 0 Å². The number of hydrogen-bond acceptors (Lipinski definition) is 4. The molecule has 5 nitrogen and oxygen atoms in total. The molecule has 2 rings (SSSR count). The van der Waals surface area contributed by atoms with Crippen LogP contribution in [0.15, 0.2) is 24.3 Å². The van der Waals surface area contributed by atoms with Crippen LogP contribution in [0, 0.1) is 5.41 Å². The molecule has 5 heteroatoms. The van der Waals surface area contributed by atoms with Crippen molar-refractivity contribution in [1.29, 1.82) is 0 Å². The summed E-state index contributed by atoms with van der Waals surface area (Å²) in [6.07, 6.45) is 0.962. The molecule has 1 aliphatic heterocycles.